The first-order valence-corrected chi connectivity index (χ1v) is 11.0. The van der Waals surface area contributed by atoms with Gasteiger partial charge in [-0.25, -0.2) is 0 Å². The lowest BCUT2D eigenvalue weighted by Gasteiger charge is -2.30. The van der Waals surface area contributed by atoms with Crippen molar-refractivity contribution in [3.63, 3.8) is 0 Å². The maximum Gasteiger partial charge on any atom is 0.256 e. The Labute approximate surface area is 187 Å². The number of aromatic nitrogens is 3. The van der Waals surface area contributed by atoms with Crippen molar-refractivity contribution in [1.29, 1.82) is 0 Å². The first-order valence-electron chi connectivity index (χ1n) is 11.0. The molecule has 0 radical (unpaired) electrons. The van der Waals surface area contributed by atoms with Crippen molar-refractivity contribution >= 4 is 28.3 Å². The Hall–Kier alpha value is -3.58. The number of H-pyrrole nitrogens is 1. The molecule has 7 nitrogen and oxygen atoms in total. The van der Waals surface area contributed by atoms with E-state index in [9.17, 15) is 4.79 Å². The number of fused-ring (bicyclic) bond motifs is 1. The van der Waals surface area contributed by atoms with Crippen molar-refractivity contribution < 1.29 is 4.79 Å². The third kappa shape index (κ3) is 4.24. The van der Waals surface area contributed by atoms with Crippen LogP contribution in [0.3, 0.4) is 0 Å². The molecule has 5 rings (SSSR count). The van der Waals surface area contributed by atoms with Gasteiger partial charge in [0, 0.05) is 47.7 Å². The van der Waals surface area contributed by atoms with Gasteiger partial charge < -0.3 is 20.1 Å². The van der Waals surface area contributed by atoms with Gasteiger partial charge in [0.2, 0.25) is 0 Å². The van der Waals surface area contributed by atoms with Gasteiger partial charge in [0.1, 0.15) is 5.82 Å². The van der Waals surface area contributed by atoms with Gasteiger partial charge in [0.25, 0.3) is 5.91 Å². The molecule has 0 spiro atoms. The summed E-state index contributed by atoms with van der Waals surface area (Å²) < 4.78 is 2.08. The molecular weight excluding hydrogens is 400 g/mol. The van der Waals surface area contributed by atoms with Gasteiger partial charge in [-0.2, -0.15) is 5.10 Å². The first-order chi connectivity index (χ1) is 15.5. The van der Waals surface area contributed by atoms with Crippen molar-refractivity contribution in [3.05, 3.63) is 66.4 Å². The van der Waals surface area contributed by atoms with E-state index < -0.39 is 0 Å². The van der Waals surface area contributed by atoms with E-state index in [1.807, 2.05) is 49.6 Å². The second kappa shape index (κ2) is 8.51. The van der Waals surface area contributed by atoms with Crippen LogP contribution in [0.2, 0.25) is 0 Å². The normalized spacial score (nSPS) is 15.2. The molecule has 1 fully saturated rings. The third-order valence-electron chi connectivity index (χ3n) is 6.25. The number of anilines is 2. The highest BCUT2D eigenvalue weighted by Crippen LogP contribution is 2.25. The SMILES string of the molecule is CN1CCC(Nc2ccc(C(=O)Nc3cc(-c4ccc5ccn(C)c5c4)n[nH]3)cc2)CC1. The second-order valence-corrected chi connectivity index (χ2v) is 8.62. The Morgan fingerprint density at radius 3 is 2.59 bits per heavy atom. The van der Waals surface area contributed by atoms with Crippen LogP contribution in [-0.4, -0.2) is 51.8 Å². The maximum absolute atomic E-state index is 12.7. The zero-order valence-corrected chi connectivity index (χ0v) is 18.4. The Bertz CT molecular complexity index is 1230. The van der Waals surface area contributed by atoms with E-state index in [-0.39, 0.29) is 5.91 Å². The average molecular weight is 429 g/mol. The summed E-state index contributed by atoms with van der Waals surface area (Å²) >= 11 is 0. The van der Waals surface area contributed by atoms with E-state index >= 15 is 0 Å². The van der Waals surface area contributed by atoms with Gasteiger partial charge >= 0.3 is 0 Å². The number of piperidine rings is 1. The van der Waals surface area contributed by atoms with E-state index in [0.29, 0.717) is 17.4 Å². The summed E-state index contributed by atoms with van der Waals surface area (Å²) in [4.78, 5) is 15.0. The Morgan fingerprint density at radius 2 is 1.81 bits per heavy atom. The van der Waals surface area contributed by atoms with Gasteiger partial charge in [0.15, 0.2) is 0 Å². The van der Waals surface area contributed by atoms with Crippen LogP contribution in [0, 0.1) is 0 Å². The molecule has 1 aliphatic heterocycles. The molecule has 3 N–H and O–H groups in total. The summed E-state index contributed by atoms with van der Waals surface area (Å²) in [5.41, 5.74) is 4.60. The number of nitrogens with zero attached hydrogens (tertiary/aromatic N) is 3. The highest BCUT2D eigenvalue weighted by atomic mass is 16.1. The van der Waals surface area contributed by atoms with Crippen LogP contribution >= 0.6 is 0 Å². The molecule has 0 aliphatic carbocycles. The highest BCUT2D eigenvalue weighted by molar-refractivity contribution is 6.04. The number of rotatable bonds is 5. The van der Waals surface area contributed by atoms with Crippen LogP contribution in [0.4, 0.5) is 11.5 Å². The third-order valence-corrected chi connectivity index (χ3v) is 6.25. The molecule has 0 bridgehead atoms. The van der Waals surface area contributed by atoms with Crippen LogP contribution in [0.1, 0.15) is 23.2 Å². The number of carbonyl (C=O) groups excluding carboxylic acids is 1. The molecule has 0 saturated carbocycles. The van der Waals surface area contributed by atoms with Gasteiger partial charge in [-0.15, -0.1) is 0 Å². The lowest BCUT2D eigenvalue weighted by atomic mass is 10.0. The number of aryl methyl sites for hydroxylation is 1. The fourth-order valence-electron chi connectivity index (χ4n) is 4.26. The second-order valence-electron chi connectivity index (χ2n) is 8.62. The molecule has 3 heterocycles. The van der Waals surface area contributed by atoms with Gasteiger partial charge in [-0.1, -0.05) is 12.1 Å². The molecule has 32 heavy (non-hydrogen) atoms. The summed E-state index contributed by atoms with van der Waals surface area (Å²) in [7, 11) is 4.19. The Balaban J connectivity index is 1.23. The number of hydrogen-bond acceptors (Lipinski definition) is 4. The summed E-state index contributed by atoms with van der Waals surface area (Å²) in [5.74, 6) is 0.412. The fraction of sp³-hybridized carbons (Fsp3) is 0.280. The number of carbonyl (C=O) groups is 1. The first kappa shape index (κ1) is 20.3. The van der Waals surface area contributed by atoms with E-state index in [4.69, 9.17) is 0 Å². The maximum atomic E-state index is 12.7. The van der Waals surface area contributed by atoms with Crippen LogP contribution in [-0.2, 0) is 7.05 Å². The standard InChI is InChI=1S/C25H28N6O/c1-30-12-10-21(11-13-30)26-20-7-5-18(6-8-20)25(32)27-24-16-22(28-29-24)19-4-3-17-9-14-31(2)23(17)15-19/h3-9,14-16,21,26H,10-13H2,1-2H3,(H2,27,28,29,32). The Morgan fingerprint density at radius 1 is 1.03 bits per heavy atom. The average Bonchev–Trinajstić information content (AvgIpc) is 3.42. The molecule has 1 amide bonds. The van der Waals surface area contributed by atoms with E-state index in [2.05, 4.69) is 55.5 Å². The van der Waals surface area contributed by atoms with Crippen molar-refractivity contribution in [2.75, 3.05) is 30.8 Å². The summed E-state index contributed by atoms with van der Waals surface area (Å²) in [6.07, 6.45) is 4.31. The van der Waals surface area contributed by atoms with Gasteiger partial charge in [-0.05, 0) is 74.8 Å². The topological polar surface area (TPSA) is 78.0 Å². The number of likely N-dealkylation sites (tertiary alicyclic amines) is 1. The Kier molecular flexibility index (Phi) is 5.41. The number of benzene rings is 2. The summed E-state index contributed by atoms with van der Waals surface area (Å²) in [5, 5.41) is 15.0. The minimum absolute atomic E-state index is 0.163. The largest absolute Gasteiger partial charge is 0.382 e. The van der Waals surface area contributed by atoms with Crippen molar-refractivity contribution in [3.8, 4) is 11.3 Å². The van der Waals surface area contributed by atoms with Crippen LogP contribution < -0.4 is 10.6 Å². The molecule has 0 atom stereocenters. The number of hydrogen-bond donors (Lipinski definition) is 3. The number of aromatic amines is 1. The highest BCUT2D eigenvalue weighted by Gasteiger charge is 2.16. The predicted octanol–water partition coefficient (Wildman–Crippen LogP) is 4.33. The number of nitrogens with one attached hydrogen (secondary N) is 3. The molecule has 0 unspecified atom stereocenters. The molecular formula is C25H28N6O. The van der Waals surface area contributed by atoms with E-state index in [1.165, 1.54) is 5.39 Å². The minimum Gasteiger partial charge on any atom is -0.382 e. The molecule has 2 aromatic heterocycles. The smallest absolute Gasteiger partial charge is 0.256 e. The lowest BCUT2D eigenvalue weighted by molar-refractivity contribution is 0.102. The van der Waals surface area contributed by atoms with Gasteiger partial charge in [-0.3, -0.25) is 9.89 Å². The van der Waals surface area contributed by atoms with Crippen LogP contribution in [0.25, 0.3) is 22.2 Å². The molecule has 4 aromatic rings. The zero-order valence-electron chi connectivity index (χ0n) is 18.4. The molecule has 1 saturated heterocycles. The quantitative estimate of drug-likeness (QED) is 0.442. The molecule has 7 heteroatoms. The van der Waals surface area contributed by atoms with Crippen LogP contribution in [0.5, 0.6) is 0 Å². The van der Waals surface area contributed by atoms with Crippen LogP contribution in [0.15, 0.2) is 60.8 Å². The monoisotopic (exact) mass is 428 g/mol. The molecule has 1 aliphatic rings. The molecule has 2 aromatic carbocycles. The van der Waals surface area contributed by atoms with E-state index in [1.54, 1.807) is 0 Å². The lowest BCUT2D eigenvalue weighted by Crippen LogP contribution is -2.36. The molecule has 164 valence electrons. The van der Waals surface area contributed by atoms with Crippen molar-refractivity contribution in [2.24, 2.45) is 7.05 Å². The zero-order chi connectivity index (χ0) is 22.1. The summed E-state index contributed by atoms with van der Waals surface area (Å²) in [6.45, 7) is 2.23. The fourth-order valence-corrected chi connectivity index (χ4v) is 4.26. The minimum atomic E-state index is -0.163. The number of amides is 1. The predicted molar refractivity (Wildman–Crippen MR) is 129 cm³/mol. The van der Waals surface area contributed by atoms with Gasteiger partial charge in [0.05, 0.1) is 5.69 Å². The van der Waals surface area contributed by atoms with Crippen molar-refractivity contribution in [2.45, 2.75) is 18.9 Å². The van der Waals surface area contributed by atoms with Crippen molar-refractivity contribution in [1.82, 2.24) is 19.7 Å². The summed E-state index contributed by atoms with van der Waals surface area (Å²) in [6, 6.07) is 18.3. The van der Waals surface area contributed by atoms with E-state index in [0.717, 1.165) is 48.4 Å².